The van der Waals surface area contributed by atoms with Crippen molar-refractivity contribution >= 4 is 23.4 Å². The molecule has 2 aromatic carbocycles. The lowest BCUT2D eigenvalue weighted by atomic mass is 10.1. The Morgan fingerprint density at radius 2 is 1.93 bits per heavy atom. The summed E-state index contributed by atoms with van der Waals surface area (Å²) in [5.74, 6) is 0.948. The summed E-state index contributed by atoms with van der Waals surface area (Å²) in [4.78, 5) is 12.3. The molecule has 0 bridgehead atoms. The summed E-state index contributed by atoms with van der Waals surface area (Å²) in [5, 5.41) is 20.9. The maximum atomic E-state index is 12.3. The molecule has 6 nitrogen and oxygen atoms in total. The van der Waals surface area contributed by atoms with Crippen LogP contribution in [0.25, 0.3) is 11.4 Å². The van der Waals surface area contributed by atoms with E-state index in [0.717, 1.165) is 34.2 Å². The third kappa shape index (κ3) is 4.59. The van der Waals surface area contributed by atoms with Crippen LogP contribution in [0.5, 0.6) is 0 Å². The molecule has 1 heterocycles. The minimum atomic E-state index is -0.110. The van der Waals surface area contributed by atoms with Gasteiger partial charge >= 0.3 is 0 Å². The van der Waals surface area contributed by atoms with Gasteiger partial charge in [-0.2, -0.15) is 5.26 Å². The minimum absolute atomic E-state index is 0.110. The van der Waals surface area contributed by atoms with E-state index in [2.05, 4.69) is 21.6 Å². The molecule has 0 atom stereocenters. The average molecular weight is 392 g/mol. The normalized spacial score (nSPS) is 10.5. The molecule has 0 aliphatic heterocycles. The highest BCUT2D eigenvalue weighted by Gasteiger charge is 2.15. The monoisotopic (exact) mass is 391 g/mol. The first-order chi connectivity index (χ1) is 13.6. The molecule has 1 N–H and O–H groups in total. The molecule has 1 aromatic heterocycles. The van der Waals surface area contributed by atoms with Gasteiger partial charge in [-0.05, 0) is 37.1 Å². The number of carbonyl (C=O) groups is 1. The van der Waals surface area contributed by atoms with E-state index >= 15 is 0 Å². The van der Waals surface area contributed by atoms with Gasteiger partial charge in [0.15, 0.2) is 11.0 Å². The molecule has 28 heavy (non-hydrogen) atoms. The first-order valence-electron chi connectivity index (χ1n) is 9.00. The van der Waals surface area contributed by atoms with Crippen molar-refractivity contribution in [2.24, 2.45) is 0 Å². The zero-order chi connectivity index (χ0) is 19.9. The molecular weight excluding hydrogens is 370 g/mol. The van der Waals surface area contributed by atoms with Crippen molar-refractivity contribution in [1.29, 1.82) is 5.26 Å². The highest BCUT2D eigenvalue weighted by atomic mass is 32.2. The van der Waals surface area contributed by atoms with Crippen molar-refractivity contribution in [2.45, 2.75) is 32.0 Å². The van der Waals surface area contributed by atoms with Crippen molar-refractivity contribution in [3.63, 3.8) is 0 Å². The average Bonchev–Trinajstić information content (AvgIpc) is 3.11. The second-order valence-corrected chi connectivity index (χ2v) is 7.18. The number of anilines is 1. The van der Waals surface area contributed by atoms with E-state index in [1.807, 2.05) is 54.8 Å². The number of thioether (sulfide) groups is 1. The van der Waals surface area contributed by atoms with E-state index in [1.165, 1.54) is 11.8 Å². The Morgan fingerprint density at radius 3 is 2.61 bits per heavy atom. The SMILES string of the molecule is CCn1c(SCC(=O)Nc2ccc(CC#N)cc2)nnc1-c1ccccc1C. The molecule has 0 radical (unpaired) electrons. The number of hydrogen-bond donors (Lipinski definition) is 1. The number of aryl methyl sites for hydroxylation is 1. The van der Waals surface area contributed by atoms with Crippen molar-refractivity contribution < 1.29 is 4.79 Å². The maximum Gasteiger partial charge on any atom is 0.234 e. The highest BCUT2D eigenvalue weighted by molar-refractivity contribution is 7.99. The number of nitriles is 1. The van der Waals surface area contributed by atoms with Gasteiger partial charge in [0.25, 0.3) is 0 Å². The maximum absolute atomic E-state index is 12.3. The summed E-state index contributed by atoms with van der Waals surface area (Å²) in [6.45, 7) is 4.81. The van der Waals surface area contributed by atoms with E-state index in [-0.39, 0.29) is 11.7 Å². The van der Waals surface area contributed by atoms with Crippen molar-refractivity contribution in [3.05, 3.63) is 59.7 Å². The van der Waals surface area contributed by atoms with Crippen LogP contribution in [-0.2, 0) is 17.8 Å². The molecule has 0 saturated heterocycles. The molecule has 142 valence electrons. The van der Waals surface area contributed by atoms with Crippen LogP contribution in [0.2, 0.25) is 0 Å². The largest absolute Gasteiger partial charge is 0.325 e. The first-order valence-corrected chi connectivity index (χ1v) is 9.98. The van der Waals surface area contributed by atoms with Gasteiger partial charge in [-0.25, -0.2) is 0 Å². The van der Waals surface area contributed by atoms with Crippen LogP contribution in [0.15, 0.2) is 53.7 Å². The summed E-state index contributed by atoms with van der Waals surface area (Å²) in [7, 11) is 0. The van der Waals surface area contributed by atoms with Gasteiger partial charge in [-0.15, -0.1) is 10.2 Å². The number of nitrogens with zero attached hydrogens (tertiary/aromatic N) is 4. The second kappa shape index (κ2) is 9.20. The number of carbonyl (C=O) groups excluding carboxylic acids is 1. The number of aromatic nitrogens is 3. The van der Waals surface area contributed by atoms with Crippen molar-refractivity contribution in [3.8, 4) is 17.5 Å². The van der Waals surface area contributed by atoms with Gasteiger partial charge in [0, 0.05) is 17.8 Å². The third-order valence-electron chi connectivity index (χ3n) is 4.27. The molecule has 0 spiro atoms. The Bertz CT molecular complexity index is 1000. The van der Waals surface area contributed by atoms with Gasteiger partial charge in [-0.3, -0.25) is 4.79 Å². The van der Waals surface area contributed by atoms with Crippen molar-refractivity contribution in [1.82, 2.24) is 14.8 Å². The van der Waals surface area contributed by atoms with E-state index in [9.17, 15) is 4.79 Å². The molecule has 0 unspecified atom stereocenters. The Morgan fingerprint density at radius 1 is 1.18 bits per heavy atom. The Hall–Kier alpha value is -3.11. The standard InChI is InChI=1S/C21H21N5OS/c1-3-26-20(18-7-5-4-6-15(18)2)24-25-21(26)28-14-19(27)23-17-10-8-16(9-11-17)12-13-22/h4-11H,3,12,14H2,1-2H3,(H,23,27). The van der Waals surface area contributed by atoms with Crippen LogP contribution in [0, 0.1) is 18.3 Å². The fourth-order valence-corrected chi connectivity index (χ4v) is 3.63. The Labute approximate surface area is 168 Å². The third-order valence-corrected chi connectivity index (χ3v) is 5.24. The van der Waals surface area contributed by atoms with E-state index in [0.29, 0.717) is 12.1 Å². The van der Waals surface area contributed by atoms with Crippen LogP contribution in [0.1, 0.15) is 18.1 Å². The predicted octanol–water partition coefficient (Wildman–Crippen LogP) is 4.07. The molecule has 7 heteroatoms. The molecule has 0 fully saturated rings. The van der Waals surface area contributed by atoms with Crippen molar-refractivity contribution in [2.75, 3.05) is 11.1 Å². The van der Waals surface area contributed by atoms with Gasteiger partial charge in [0.1, 0.15) is 0 Å². The molecule has 0 aliphatic carbocycles. The zero-order valence-corrected chi connectivity index (χ0v) is 16.7. The smallest absolute Gasteiger partial charge is 0.234 e. The van der Waals surface area contributed by atoms with Gasteiger partial charge < -0.3 is 9.88 Å². The zero-order valence-electron chi connectivity index (χ0n) is 15.8. The summed E-state index contributed by atoms with van der Waals surface area (Å²) < 4.78 is 2.02. The van der Waals surface area contributed by atoms with E-state index in [1.54, 1.807) is 12.1 Å². The molecule has 3 aromatic rings. The molecule has 0 aliphatic rings. The molecular formula is C21H21N5OS. The quantitative estimate of drug-likeness (QED) is 0.614. The fraction of sp³-hybridized carbons (Fsp3) is 0.238. The summed E-state index contributed by atoms with van der Waals surface area (Å²) in [5.41, 5.74) is 3.82. The lowest BCUT2D eigenvalue weighted by Gasteiger charge is -2.09. The first kappa shape index (κ1) is 19.6. The molecule has 1 amide bonds. The number of amides is 1. The van der Waals surface area contributed by atoms with Crippen LogP contribution in [0.3, 0.4) is 0 Å². The van der Waals surface area contributed by atoms with Gasteiger partial charge in [0.2, 0.25) is 5.91 Å². The molecule has 3 rings (SSSR count). The van der Waals surface area contributed by atoms with E-state index in [4.69, 9.17) is 5.26 Å². The fourth-order valence-electron chi connectivity index (χ4n) is 2.83. The van der Waals surface area contributed by atoms with Crippen LogP contribution < -0.4 is 5.32 Å². The van der Waals surface area contributed by atoms with Crippen LogP contribution >= 0.6 is 11.8 Å². The second-order valence-electron chi connectivity index (χ2n) is 6.23. The molecule has 0 saturated carbocycles. The lowest BCUT2D eigenvalue weighted by Crippen LogP contribution is -2.14. The van der Waals surface area contributed by atoms with E-state index < -0.39 is 0 Å². The number of benzene rings is 2. The number of rotatable bonds is 7. The number of hydrogen-bond acceptors (Lipinski definition) is 5. The van der Waals surface area contributed by atoms with Crippen LogP contribution in [-0.4, -0.2) is 26.4 Å². The summed E-state index contributed by atoms with van der Waals surface area (Å²) >= 11 is 1.37. The summed E-state index contributed by atoms with van der Waals surface area (Å²) in [6, 6.07) is 17.5. The van der Waals surface area contributed by atoms with Crippen LogP contribution in [0.4, 0.5) is 5.69 Å². The lowest BCUT2D eigenvalue weighted by molar-refractivity contribution is -0.113. The minimum Gasteiger partial charge on any atom is -0.325 e. The van der Waals surface area contributed by atoms with Gasteiger partial charge in [0.05, 0.1) is 18.2 Å². The number of nitrogens with one attached hydrogen (secondary N) is 1. The topological polar surface area (TPSA) is 83.6 Å². The highest BCUT2D eigenvalue weighted by Crippen LogP contribution is 2.26. The Balaban J connectivity index is 1.65. The Kier molecular flexibility index (Phi) is 6.45. The van der Waals surface area contributed by atoms with Gasteiger partial charge in [-0.1, -0.05) is 48.2 Å². The predicted molar refractivity (Wildman–Crippen MR) is 111 cm³/mol. The summed E-state index contributed by atoms with van der Waals surface area (Å²) in [6.07, 6.45) is 0.361.